The molecule has 0 radical (unpaired) electrons. The zero-order chi connectivity index (χ0) is 31.5. The molecule has 3 rings (SSSR count). The maximum atomic E-state index is 13.6. The van der Waals surface area contributed by atoms with Crippen LogP contribution in [0.2, 0.25) is 0 Å². The van der Waals surface area contributed by atoms with Crippen molar-refractivity contribution in [3.05, 3.63) is 54.2 Å². The van der Waals surface area contributed by atoms with E-state index < -0.39 is 47.9 Å². The van der Waals surface area contributed by atoms with E-state index in [1.165, 1.54) is 12.5 Å². The van der Waals surface area contributed by atoms with Crippen LogP contribution in [0.5, 0.6) is 0 Å². The molecule has 1 aromatic carbocycles. The number of carbonyl (C=O) groups is 4. The molecule has 15 nitrogen and oxygen atoms in total. The second-order valence-electron chi connectivity index (χ2n) is 10.6. The van der Waals surface area contributed by atoms with Crippen LogP contribution < -0.4 is 33.2 Å². The van der Waals surface area contributed by atoms with Gasteiger partial charge >= 0.3 is 5.97 Å². The fraction of sp³-hybridized carbons (Fsp3) is 0.429. The van der Waals surface area contributed by atoms with Gasteiger partial charge in [-0.2, -0.15) is 0 Å². The molecule has 12 N–H and O–H groups in total. The first-order chi connectivity index (χ1) is 20.5. The van der Waals surface area contributed by atoms with Crippen LogP contribution in [-0.4, -0.2) is 80.4 Å². The number of aromatic amines is 2. The third kappa shape index (κ3) is 9.56. The number of rotatable bonds is 16. The summed E-state index contributed by atoms with van der Waals surface area (Å²) < 4.78 is 0. The lowest BCUT2D eigenvalue weighted by Crippen LogP contribution is -2.58. The van der Waals surface area contributed by atoms with Gasteiger partial charge in [0.05, 0.1) is 12.4 Å². The smallest absolute Gasteiger partial charge is 0.326 e. The first-order valence-electron chi connectivity index (χ1n) is 13.9. The molecule has 15 heteroatoms. The van der Waals surface area contributed by atoms with Crippen molar-refractivity contribution in [1.82, 2.24) is 30.9 Å². The quantitative estimate of drug-likeness (QED) is 0.0571. The van der Waals surface area contributed by atoms with Gasteiger partial charge in [0.15, 0.2) is 5.96 Å². The standard InChI is InChI=1S/C28H40N10O5/c1-15(2)23(29)26(41)36-20(8-5-9-33-28(30)31)24(39)37-21(10-16-12-34-19-7-4-3-6-18(16)19)25(40)38-22(27(42)43)11-17-13-32-14-35-17/h3-4,6-7,12-15,20-23,34H,5,8-11,29H2,1-2H3,(H,32,35)(H,36,41)(H,37,39)(H,38,40)(H,42,43)(H4,30,31,33). The molecule has 0 aliphatic rings. The summed E-state index contributed by atoms with van der Waals surface area (Å²) in [5.74, 6) is -3.43. The van der Waals surface area contributed by atoms with Crippen LogP contribution in [0.15, 0.2) is 48.0 Å². The van der Waals surface area contributed by atoms with Gasteiger partial charge in [0.1, 0.15) is 18.1 Å². The van der Waals surface area contributed by atoms with E-state index in [9.17, 15) is 24.3 Å². The minimum Gasteiger partial charge on any atom is -0.480 e. The van der Waals surface area contributed by atoms with Crippen molar-refractivity contribution in [3.8, 4) is 0 Å². The maximum absolute atomic E-state index is 13.6. The lowest BCUT2D eigenvalue weighted by molar-refractivity contribution is -0.142. The van der Waals surface area contributed by atoms with Gasteiger partial charge in [0.25, 0.3) is 0 Å². The SMILES string of the molecule is CC(C)C(N)C(=O)NC(CCCN=C(N)N)C(=O)NC(Cc1c[nH]c2ccccc12)C(=O)NC(Cc1cnc[nH]1)C(=O)O. The van der Waals surface area contributed by atoms with Crippen LogP contribution in [0.4, 0.5) is 0 Å². The Bertz CT molecular complexity index is 1410. The van der Waals surface area contributed by atoms with Crippen molar-refractivity contribution >= 4 is 40.6 Å². The number of nitrogens with two attached hydrogens (primary N) is 3. The molecule has 3 amide bonds. The van der Waals surface area contributed by atoms with Gasteiger partial charge in [0.2, 0.25) is 17.7 Å². The zero-order valence-corrected chi connectivity index (χ0v) is 24.2. The second kappa shape index (κ2) is 15.3. The summed E-state index contributed by atoms with van der Waals surface area (Å²) in [5, 5.41) is 18.6. The van der Waals surface area contributed by atoms with Crippen molar-refractivity contribution in [2.24, 2.45) is 28.1 Å². The molecule has 2 heterocycles. The first kappa shape index (κ1) is 32.6. The summed E-state index contributed by atoms with van der Waals surface area (Å²) in [6.07, 6.45) is 5.08. The van der Waals surface area contributed by atoms with Gasteiger partial charge in [-0.15, -0.1) is 0 Å². The Morgan fingerprint density at radius 1 is 0.953 bits per heavy atom. The Kier molecular flexibility index (Phi) is 11.6. The number of fused-ring (bicyclic) bond motifs is 1. The largest absolute Gasteiger partial charge is 0.480 e. The van der Waals surface area contributed by atoms with Gasteiger partial charge in [-0.3, -0.25) is 19.4 Å². The number of hydrogen-bond acceptors (Lipinski definition) is 7. The monoisotopic (exact) mass is 596 g/mol. The molecule has 0 fully saturated rings. The van der Waals surface area contributed by atoms with Crippen LogP contribution in [0.25, 0.3) is 10.9 Å². The van der Waals surface area contributed by atoms with E-state index >= 15 is 0 Å². The number of carboxylic acids is 1. The van der Waals surface area contributed by atoms with Crippen LogP contribution in [0.3, 0.4) is 0 Å². The molecule has 0 bridgehead atoms. The van der Waals surface area contributed by atoms with Gasteiger partial charge < -0.3 is 48.2 Å². The highest BCUT2D eigenvalue weighted by atomic mass is 16.4. The molecule has 0 aliphatic carbocycles. The van der Waals surface area contributed by atoms with Gasteiger partial charge in [0, 0.05) is 48.4 Å². The van der Waals surface area contributed by atoms with E-state index in [1.807, 2.05) is 24.3 Å². The molecule has 4 unspecified atom stereocenters. The topological polar surface area (TPSA) is 259 Å². The average Bonchev–Trinajstić information content (AvgIpc) is 3.63. The molecule has 2 aromatic heterocycles. The van der Waals surface area contributed by atoms with E-state index in [2.05, 4.69) is 35.9 Å². The number of aliphatic carboxylic acids is 1. The number of nitrogens with zero attached hydrogens (tertiary/aromatic N) is 2. The number of para-hydroxylation sites is 1. The molecule has 0 aliphatic heterocycles. The maximum Gasteiger partial charge on any atom is 0.326 e. The highest BCUT2D eigenvalue weighted by Gasteiger charge is 2.31. The van der Waals surface area contributed by atoms with Crippen molar-refractivity contribution in [1.29, 1.82) is 0 Å². The molecular formula is C28H40N10O5. The number of nitrogens with one attached hydrogen (secondary N) is 5. The third-order valence-electron chi connectivity index (χ3n) is 6.92. The number of carbonyl (C=O) groups excluding carboxylic acids is 3. The number of H-pyrrole nitrogens is 2. The molecule has 0 spiro atoms. The van der Waals surface area contributed by atoms with Crippen molar-refractivity contribution in [3.63, 3.8) is 0 Å². The number of aliphatic imine (C=N–C) groups is 1. The van der Waals surface area contributed by atoms with Crippen LogP contribution >= 0.6 is 0 Å². The van der Waals surface area contributed by atoms with E-state index in [-0.39, 0.29) is 37.7 Å². The molecule has 3 aromatic rings. The van der Waals surface area contributed by atoms with E-state index in [0.29, 0.717) is 12.1 Å². The highest BCUT2D eigenvalue weighted by molar-refractivity contribution is 5.95. The number of aromatic nitrogens is 3. The Hall–Kier alpha value is -4.92. The normalized spacial score (nSPS) is 14.0. The van der Waals surface area contributed by atoms with Crippen LogP contribution in [-0.2, 0) is 32.0 Å². The van der Waals surface area contributed by atoms with Crippen molar-refractivity contribution in [2.45, 2.75) is 63.7 Å². The molecule has 0 saturated heterocycles. The minimum absolute atomic E-state index is 0.0398. The summed E-state index contributed by atoms with van der Waals surface area (Å²) in [5.41, 5.74) is 18.9. The molecule has 43 heavy (non-hydrogen) atoms. The fourth-order valence-corrected chi connectivity index (χ4v) is 4.43. The summed E-state index contributed by atoms with van der Waals surface area (Å²) in [6, 6.07) is 3.04. The predicted molar refractivity (Wildman–Crippen MR) is 160 cm³/mol. The lowest BCUT2D eigenvalue weighted by Gasteiger charge is -2.26. The Morgan fingerprint density at radius 2 is 1.63 bits per heavy atom. The van der Waals surface area contributed by atoms with Gasteiger partial charge in [-0.05, 0) is 30.4 Å². The summed E-state index contributed by atoms with van der Waals surface area (Å²) in [7, 11) is 0. The number of benzene rings is 1. The summed E-state index contributed by atoms with van der Waals surface area (Å²) in [6.45, 7) is 3.77. The fourth-order valence-electron chi connectivity index (χ4n) is 4.43. The van der Waals surface area contributed by atoms with Crippen molar-refractivity contribution in [2.75, 3.05) is 6.54 Å². The number of carboxylic acid groups (broad SMARTS) is 1. The third-order valence-corrected chi connectivity index (χ3v) is 6.92. The van der Waals surface area contributed by atoms with E-state index in [4.69, 9.17) is 17.2 Å². The van der Waals surface area contributed by atoms with E-state index in [1.54, 1.807) is 20.0 Å². The van der Waals surface area contributed by atoms with Crippen LogP contribution in [0, 0.1) is 5.92 Å². The first-order valence-corrected chi connectivity index (χ1v) is 13.9. The molecule has 0 saturated carbocycles. The van der Waals surface area contributed by atoms with Crippen LogP contribution in [0.1, 0.15) is 37.9 Å². The Morgan fingerprint density at radius 3 is 2.28 bits per heavy atom. The summed E-state index contributed by atoms with van der Waals surface area (Å²) >= 11 is 0. The predicted octanol–water partition coefficient (Wildman–Crippen LogP) is -0.748. The molecule has 4 atom stereocenters. The average molecular weight is 597 g/mol. The van der Waals surface area contributed by atoms with Gasteiger partial charge in [-0.25, -0.2) is 9.78 Å². The minimum atomic E-state index is -1.30. The number of amides is 3. The Balaban J connectivity index is 1.86. The van der Waals surface area contributed by atoms with E-state index in [0.717, 1.165) is 16.5 Å². The summed E-state index contributed by atoms with van der Waals surface area (Å²) in [4.78, 5) is 65.8. The van der Waals surface area contributed by atoms with Gasteiger partial charge in [-0.1, -0.05) is 32.0 Å². The lowest BCUT2D eigenvalue weighted by atomic mass is 10.0. The Labute approximate surface area is 248 Å². The number of guanidine groups is 1. The van der Waals surface area contributed by atoms with Crippen molar-refractivity contribution < 1.29 is 24.3 Å². The zero-order valence-electron chi connectivity index (χ0n) is 24.2. The highest BCUT2D eigenvalue weighted by Crippen LogP contribution is 2.19. The molecular weight excluding hydrogens is 556 g/mol. The second-order valence-corrected chi connectivity index (χ2v) is 10.6. The number of hydrogen-bond donors (Lipinski definition) is 9. The number of imidazole rings is 1. The molecule has 232 valence electrons.